The molecule has 0 radical (unpaired) electrons. The summed E-state index contributed by atoms with van der Waals surface area (Å²) in [4.78, 5) is 11.8. The summed E-state index contributed by atoms with van der Waals surface area (Å²) >= 11 is 0. The monoisotopic (exact) mass is 320 g/mol. The van der Waals surface area contributed by atoms with E-state index in [1.165, 1.54) is 25.3 Å². The molecule has 0 saturated heterocycles. The van der Waals surface area contributed by atoms with E-state index in [9.17, 15) is 18.0 Å². The summed E-state index contributed by atoms with van der Waals surface area (Å²) < 4.78 is 46.3. The lowest BCUT2D eigenvalue weighted by Crippen LogP contribution is -2.35. The van der Waals surface area contributed by atoms with E-state index in [1.807, 2.05) is 6.92 Å². The molecule has 1 unspecified atom stereocenters. The Hall–Kier alpha value is -1.96. The van der Waals surface area contributed by atoms with Crippen LogP contribution in [0, 0.1) is 0 Å². The van der Waals surface area contributed by atoms with Gasteiger partial charge in [0, 0.05) is 11.8 Å². The smallest absolute Gasteiger partial charge is 0.422 e. The number of benzene rings is 1. The van der Waals surface area contributed by atoms with E-state index in [0.717, 1.165) is 6.42 Å². The molecule has 0 bridgehead atoms. The molecule has 0 saturated carbocycles. The summed E-state index contributed by atoms with van der Waals surface area (Å²) in [5, 5.41) is 2.53. The number of methoxy groups -OCH3 is 1. The van der Waals surface area contributed by atoms with Crippen molar-refractivity contribution in [1.82, 2.24) is 0 Å². The lowest BCUT2D eigenvalue weighted by molar-refractivity contribution is -0.153. The number of ether oxygens (including phenoxy) is 2. The van der Waals surface area contributed by atoms with Crippen LogP contribution in [-0.4, -0.2) is 31.8 Å². The highest BCUT2D eigenvalue weighted by molar-refractivity contribution is 5.94. The third-order valence-corrected chi connectivity index (χ3v) is 2.76. The van der Waals surface area contributed by atoms with E-state index in [2.05, 4.69) is 5.32 Å². The second-order valence-corrected chi connectivity index (χ2v) is 4.65. The minimum Gasteiger partial charge on any atom is -0.493 e. The topological polar surface area (TPSA) is 73.6 Å². The van der Waals surface area contributed by atoms with Gasteiger partial charge in [-0.15, -0.1) is 0 Å². The molecule has 124 valence electrons. The Morgan fingerprint density at radius 1 is 1.36 bits per heavy atom. The van der Waals surface area contributed by atoms with Gasteiger partial charge in [-0.25, -0.2) is 0 Å². The van der Waals surface area contributed by atoms with Crippen molar-refractivity contribution in [2.45, 2.75) is 32.0 Å². The number of nitrogens with two attached hydrogens (primary N) is 1. The molecule has 22 heavy (non-hydrogen) atoms. The van der Waals surface area contributed by atoms with Gasteiger partial charge in [0.1, 0.15) is 0 Å². The Labute approximate surface area is 126 Å². The quantitative estimate of drug-likeness (QED) is 0.810. The molecule has 0 aliphatic rings. The second kappa shape index (κ2) is 7.88. The van der Waals surface area contributed by atoms with Gasteiger partial charge in [-0.3, -0.25) is 4.79 Å². The first-order valence-electron chi connectivity index (χ1n) is 6.71. The molecule has 3 N–H and O–H groups in total. The molecule has 0 aliphatic heterocycles. The van der Waals surface area contributed by atoms with Crippen molar-refractivity contribution in [2.24, 2.45) is 5.73 Å². The standard InChI is InChI=1S/C14H19F3N2O3/c1-3-4-10(18)13(20)19-9-5-6-11(21-2)12(7-9)22-8-14(15,16)17/h5-7,10H,3-4,8,18H2,1-2H3,(H,19,20). The zero-order valence-electron chi connectivity index (χ0n) is 12.4. The van der Waals surface area contributed by atoms with Gasteiger partial charge in [-0.05, 0) is 18.6 Å². The number of amides is 1. The average molecular weight is 320 g/mol. The molecule has 0 spiro atoms. The molecule has 0 fully saturated rings. The van der Waals surface area contributed by atoms with Gasteiger partial charge in [0.15, 0.2) is 18.1 Å². The minimum atomic E-state index is -4.46. The highest BCUT2D eigenvalue weighted by Gasteiger charge is 2.29. The van der Waals surface area contributed by atoms with Crippen molar-refractivity contribution in [3.05, 3.63) is 18.2 Å². The molecule has 1 aromatic carbocycles. The lowest BCUT2D eigenvalue weighted by atomic mass is 10.1. The molecule has 0 aliphatic carbocycles. The van der Waals surface area contributed by atoms with Gasteiger partial charge < -0.3 is 20.5 Å². The molecular weight excluding hydrogens is 301 g/mol. The van der Waals surface area contributed by atoms with Crippen molar-refractivity contribution in [2.75, 3.05) is 19.0 Å². The normalized spacial score (nSPS) is 12.6. The van der Waals surface area contributed by atoms with Crippen molar-refractivity contribution in [3.8, 4) is 11.5 Å². The van der Waals surface area contributed by atoms with Crippen molar-refractivity contribution in [3.63, 3.8) is 0 Å². The third kappa shape index (κ3) is 5.80. The highest BCUT2D eigenvalue weighted by atomic mass is 19.4. The van der Waals surface area contributed by atoms with E-state index in [1.54, 1.807) is 0 Å². The fourth-order valence-electron chi connectivity index (χ4n) is 1.70. The van der Waals surface area contributed by atoms with Crippen LogP contribution in [0.2, 0.25) is 0 Å². The van der Waals surface area contributed by atoms with Crippen LogP contribution < -0.4 is 20.5 Å². The molecule has 1 aromatic rings. The number of hydrogen-bond donors (Lipinski definition) is 2. The molecule has 1 atom stereocenters. The summed E-state index contributed by atoms with van der Waals surface area (Å²) in [6.07, 6.45) is -3.20. The van der Waals surface area contributed by atoms with Crippen LogP contribution in [0.1, 0.15) is 19.8 Å². The summed E-state index contributed by atoms with van der Waals surface area (Å²) in [5.41, 5.74) is 5.96. The van der Waals surface area contributed by atoms with Crippen molar-refractivity contribution < 1.29 is 27.4 Å². The number of rotatable bonds is 7. The van der Waals surface area contributed by atoms with Gasteiger partial charge in [0.2, 0.25) is 5.91 Å². The Morgan fingerprint density at radius 3 is 2.59 bits per heavy atom. The molecule has 8 heteroatoms. The van der Waals surface area contributed by atoms with Crippen LogP contribution in [-0.2, 0) is 4.79 Å². The molecular formula is C14H19F3N2O3. The maximum absolute atomic E-state index is 12.2. The maximum atomic E-state index is 12.2. The summed E-state index contributed by atoms with van der Waals surface area (Å²) in [7, 11) is 1.31. The number of halogens is 3. The zero-order chi connectivity index (χ0) is 16.8. The first-order chi connectivity index (χ1) is 10.3. The summed E-state index contributed by atoms with van der Waals surface area (Å²) in [6, 6.07) is 3.50. The number of alkyl halides is 3. The number of nitrogens with one attached hydrogen (secondary N) is 1. The molecule has 0 aromatic heterocycles. The van der Waals surface area contributed by atoms with Crippen LogP contribution in [0.3, 0.4) is 0 Å². The zero-order valence-corrected chi connectivity index (χ0v) is 12.4. The minimum absolute atomic E-state index is 0.110. The fourth-order valence-corrected chi connectivity index (χ4v) is 1.70. The summed E-state index contributed by atoms with van der Waals surface area (Å²) in [6.45, 7) is 0.444. The van der Waals surface area contributed by atoms with Crippen LogP contribution in [0.15, 0.2) is 18.2 Å². The predicted molar refractivity (Wildman–Crippen MR) is 76.1 cm³/mol. The fraction of sp³-hybridized carbons (Fsp3) is 0.500. The second-order valence-electron chi connectivity index (χ2n) is 4.65. The first-order valence-corrected chi connectivity index (χ1v) is 6.71. The first kappa shape index (κ1) is 18.1. The van der Waals surface area contributed by atoms with E-state index < -0.39 is 24.7 Å². The van der Waals surface area contributed by atoms with Gasteiger partial charge in [0.05, 0.1) is 13.2 Å². The van der Waals surface area contributed by atoms with Gasteiger partial charge in [-0.2, -0.15) is 13.2 Å². The third-order valence-electron chi connectivity index (χ3n) is 2.76. The number of carbonyl (C=O) groups excluding carboxylic acids is 1. The molecule has 1 amide bonds. The maximum Gasteiger partial charge on any atom is 0.422 e. The largest absolute Gasteiger partial charge is 0.493 e. The number of carbonyl (C=O) groups is 1. The van der Waals surface area contributed by atoms with E-state index >= 15 is 0 Å². The van der Waals surface area contributed by atoms with E-state index in [0.29, 0.717) is 6.42 Å². The Balaban J connectivity index is 2.83. The van der Waals surface area contributed by atoms with Crippen LogP contribution in [0.5, 0.6) is 11.5 Å². The van der Waals surface area contributed by atoms with Crippen LogP contribution in [0.4, 0.5) is 18.9 Å². The summed E-state index contributed by atoms with van der Waals surface area (Å²) in [5.74, 6) is -0.379. The number of hydrogen-bond acceptors (Lipinski definition) is 4. The van der Waals surface area contributed by atoms with Gasteiger partial charge in [0.25, 0.3) is 0 Å². The number of anilines is 1. The SMILES string of the molecule is CCCC(N)C(=O)Nc1ccc(OC)c(OCC(F)(F)F)c1. The van der Waals surface area contributed by atoms with Crippen molar-refractivity contribution in [1.29, 1.82) is 0 Å². The molecule has 5 nitrogen and oxygen atoms in total. The highest BCUT2D eigenvalue weighted by Crippen LogP contribution is 2.31. The molecule has 1 rings (SSSR count). The molecule has 0 heterocycles. The van der Waals surface area contributed by atoms with E-state index in [-0.39, 0.29) is 17.2 Å². The van der Waals surface area contributed by atoms with Crippen molar-refractivity contribution >= 4 is 11.6 Å². The van der Waals surface area contributed by atoms with E-state index in [4.69, 9.17) is 15.2 Å². The average Bonchev–Trinajstić information content (AvgIpc) is 2.44. The Morgan fingerprint density at radius 2 is 2.05 bits per heavy atom. The lowest BCUT2D eigenvalue weighted by Gasteiger charge is -2.15. The Kier molecular flexibility index (Phi) is 6.48. The van der Waals surface area contributed by atoms with Crippen LogP contribution >= 0.6 is 0 Å². The predicted octanol–water partition coefficient (Wildman–Crippen LogP) is 2.70. The van der Waals surface area contributed by atoms with Gasteiger partial charge in [-0.1, -0.05) is 13.3 Å². The van der Waals surface area contributed by atoms with Gasteiger partial charge >= 0.3 is 6.18 Å². The Bertz CT molecular complexity index is 507. The van der Waals surface area contributed by atoms with Crippen LogP contribution in [0.25, 0.3) is 0 Å².